The fraction of sp³-hybridized carbons (Fsp3) is 0.875. The third-order valence-corrected chi connectivity index (χ3v) is 3.37. The lowest BCUT2D eigenvalue weighted by Crippen LogP contribution is -2.35. The molecule has 1 amide bonds. The van der Waals surface area contributed by atoms with Crippen molar-refractivity contribution in [2.24, 2.45) is 0 Å². The molecule has 1 heterocycles. The van der Waals surface area contributed by atoms with Gasteiger partial charge in [-0.2, -0.15) is 20.5 Å². The molecule has 1 saturated heterocycles. The van der Waals surface area contributed by atoms with Gasteiger partial charge in [-0.25, -0.2) is 0 Å². The maximum absolute atomic E-state index is 11.8. The van der Waals surface area contributed by atoms with Crippen molar-refractivity contribution in [3.63, 3.8) is 0 Å². The number of thioether (sulfide) groups is 1. The first-order chi connectivity index (χ1) is 6.20. The van der Waals surface area contributed by atoms with Crippen molar-refractivity contribution in [1.29, 1.82) is 0 Å². The summed E-state index contributed by atoms with van der Waals surface area (Å²) in [5.74, 6) is -0.0685. The molecule has 0 radical (unpaired) electrons. The number of carbonyl (C=O) groups is 1. The van der Waals surface area contributed by atoms with Crippen LogP contribution in [0, 0.1) is 0 Å². The first kappa shape index (κ1) is 10.8. The van der Waals surface area contributed by atoms with Gasteiger partial charge in [-0.15, -0.1) is 0 Å². The molecule has 0 aromatic rings. The molecular formula is C8H13F2NOS. The standard InChI is InChI=1S/C8H13F2NOS/c9-7(10)8(12)11-5-6-3-1-2-4-13-6/h6-7H,1-5H2,(H,11,12). The number of rotatable bonds is 3. The lowest BCUT2D eigenvalue weighted by molar-refractivity contribution is -0.131. The Bertz CT molecular complexity index is 172. The van der Waals surface area contributed by atoms with E-state index in [0.717, 1.165) is 18.6 Å². The highest BCUT2D eigenvalue weighted by molar-refractivity contribution is 7.99. The van der Waals surface area contributed by atoms with Crippen molar-refractivity contribution in [2.45, 2.75) is 30.9 Å². The van der Waals surface area contributed by atoms with Crippen LogP contribution in [0.2, 0.25) is 0 Å². The van der Waals surface area contributed by atoms with Crippen molar-refractivity contribution < 1.29 is 13.6 Å². The van der Waals surface area contributed by atoms with Gasteiger partial charge < -0.3 is 5.32 Å². The van der Waals surface area contributed by atoms with Gasteiger partial charge in [0.05, 0.1) is 0 Å². The van der Waals surface area contributed by atoms with E-state index in [1.807, 2.05) is 0 Å². The van der Waals surface area contributed by atoms with E-state index in [0.29, 0.717) is 11.8 Å². The quantitative estimate of drug-likeness (QED) is 0.765. The molecule has 0 spiro atoms. The maximum Gasteiger partial charge on any atom is 0.315 e. The molecule has 0 saturated carbocycles. The van der Waals surface area contributed by atoms with Gasteiger partial charge in [0.1, 0.15) is 0 Å². The molecule has 76 valence electrons. The molecule has 0 bridgehead atoms. The number of halogens is 2. The average Bonchev–Trinajstić information content (AvgIpc) is 2.15. The number of amides is 1. The highest BCUT2D eigenvalue weighted by Crippen LogP contribution is 2.24. The topological polar surface area (TPSA) is 29.1 Å². The van der Waals surface area contributed by atoms with Crippen LogP contribution in [0.3, 0.4) is 0 Å². The molecule has 1 fully saturated rings. The molecule has 0 aromatic carbocycles. The number of hydrogen-bond donors (Lipinski definition) is 1. The van der Waals surface area contributed by atoms with Crippen LogP contribution in [0.25, 0.3) is 0 Å². The minimum atomic E-state index is -2.88. The molecular weight excluding hydrogens is 196 g/mol. The predicted molar refractivity (Wildman–Crippen MR) is 49.1 cm³/mol. The van der Waals surface area contributed by atoms with E-state index in [1.54, 1.807) is 11.8 Å². The van der Waals surface area contributed by atoms with Crippen LogP contribution in [-0.2, 0) is 4.79 Å². The van der Waals surface area contributed by atoms with Crippen molar-refractivity contribution in [1.82, 2.24) is 5.32 Å². The second kappa shape index (κ2) is 5.42. The molecule has 1 atom stereocenters. The first-order valence-corrected chi connectivity index (χ1v) is 5.42. The third-order valence-electron chi connectivity index (χ3n) is 1.98. The molecule has 1 aliphatic heterocycles. The summed E-state index contributed by atoms with van der Waals surface area (Å²) in [5.41, 5.74) is 0. The summed E-state index contributed by atoms with van der Waals surface area (Å²) in [6.07, 6.45) is 0.481. The fourth-order valence-electron chi connectivity index (χ4n) is 1.26. The Morgan fingerprint density at radius 1 is 1.54 bits per heavy atom. The molecule has 1 unspecified atom stereocenters. The van der Waals surface area contributed by atoms with Gasteiger partial charge in [0.15, 0.2) is 0 Å². The van der Waals surface area contributed by atoms with E-state index in [4.69, 9.17) is 0 Å². The second-order valence-electron chi connectivity index (χ2n) is 3.03. The number of nitrogens with one attached hydrogen (secondary N) is 1. The summed E-state index contributed by atoms with van der Waals surface area (Å²) in [4.78, 5) is 10.5. The van der Waals surface area contributed by atoms with E-state index in [9.17, 15) is 13.6 Å². The zero-order valence-corrected chi connectivity index (χ0v) is 8.08. The largest absolute Gasteiger partial charge is 0.350 e. The van der Waals surface area contributed by atoms with Crippen LogP contribution in [0.5, 0.6) is 0 Å². The third kappa shape index (κ3) is 3.93. The monoisotopic (exact) mass is 209 g/mol. The van der Waals surface area contributed by atoms with E-state index < -0.39 is 12.3 Å². The van der Waals surface area contributed by atoms with Crippen LogP contribution in [0.4, 0.5) is 8.78 Å². The summed E-state index contributed by atoms with van der Waals surface area (Å²) in [6.45, 7) is 0.383. The minimum Gasteiger partial charge on any atom is -0.350 e. The van der Waals surface area contributed by atoms with Crippen LogP contribution in [-0.4, -0.2) is 29.9 Å². The Kier molecular flexibility index (Phi) is 4.48. The van der Waals surface area contributed by atoms with E-state index in [2.05, 4.69) is 5.32 Å². The van der Waals surface area contributed by atoms with Gasteiger partial charge in [-0.3, -0.25) is 4.79 Å². The van der Waals surface area contributed by atoms with Gasteiger partial charge in [-0.1, -0.05) is 6.42 Å². The first-order valence-electron chi connectivity index (χ1n) is 4.37. The summed E-state index contributed by atoms with van der Waals surface area (Å²) in [5, 5.41) is 2.57. The minimum absolute atomic E-state index is 0.330. The molecule has 5 heteroatoms. The van der Waals surface area contributed by atoms with Crippen molar-refractivity contribution in [3.05, 3.63) is 0 Å². The van der Waals surface area contributed by atoms with E-state index in [1.165, 1.54) is 6.42 Å². The number of carbonyl (C=O) groups excluding carboxylic acids is 1. The number of alkyl halides is 2. The lowest BCUT2D eigenvalue weighted by Gasteiger charge is -2.21. The number of hydrogen-bond acceptors (Lipinski definition) is 2. The Balaban J connectivity index is 2.13. The summed E-state index contributed by atoms with van der Waals surface area (Å²) in [7, 11) is 0. The van der Waals surface area contributed by atoms with E-state index in [-0.39, 0.29) is 0 Å². The lowest BCUT2D eigenvalue weighted by atomic mass is 10.2. The van der Waals surface area contributed by atoms with Gasteiger partial charge >= 0.3 is 6.43 Å². The van der Waals surface area contributed by atoms with Crippen molar-refractivity contribution in [2.75, 3.05) is 12.3 Å². The van der Waals surface area contributed by atoms with Gasteiger partial charge in [0, 0.05) is 11.8 Å². The molecule has 1 N–H and O–H groups in total. The van der Waals surface area contributed by atoms with Gasteiger partial charge in [0.25, 0.3) is 5.91 Å². The fourth-order valence-corrected chi connectivity index (χ4v) is 2.50. The Morgan fingerprint density at radius 3 is 2.85 bits per heavy atom. The Labute approximate surface area is 80.5 Å². The average molecular weight is 209 g/mol. The van der Waals surface area contributed by atoms with Crippen molar-refractivity contribution in [3.8, 4) is 0 Å². The normalized spacial score (nSPS) is 23.2. The second-order valence-corrected chi connectivity index (χ2v) is 4.44. The van der Waals surface area contributed by atoms with E-state index >= 15 is 0 Å². The van der Waals surface area contributed by atoms with Gasteiger partial charge in [-0.05, 0) is 18.6 Å². The summed E-state index contributed by atoms with van der Waals surface area (Å²) in [6, 6.07) is 0. The summed E-state index contributed by atoms with van der Waals surface area (Å²) < 4.78 is 23.5. The summed E-state index contributed by atoms with van der Waals surface area (Å²) >= 11 is 1.76. The van der Waals surface area contributed by atoms with Gasteiger partial charge in [0.2, 0.25) is 0 Å². The molecule has 2 nitrogen and oxygen atoms in total. The zero-order chi connectivity index (χ0) is 9.68. The predicted octanol–water partition coefficient (Wildman–Crippen LogP) is 1.65. The molecule has 0 aromatic heterocycles. The molecule has 0 aliphatic carbocycles. The highest BCUT2D eigenvalue weighted by Gasteiger charge is 2.18. The van der Waals surface area contributed by atoms with Crippen LogP contribution < -0.4 is 5.32 Å². The highest BCUT2D eigenvalue weighted by atomic mass is 32.2. The maximum atomic E-state index is 11.8. The Morgan fingerprint density at radius 2 is 2.31 bits per heavy atom. The SMILES string of the molecule is O=C(NCC1CCCCS1)C(F)F. The van der Waals surface area contributed by atoms with Crippen molar-refractivity contribution >= 4 is 17.7 Å². The Hall–Kier alpha value is -0.320. The van der Waals surface area contributed by atoms with Crippen LogP contribution in [0.1, 0.15) is 19.3 Å². The smallest absolute Gasteiger partial charge is 0.315 e. The van der Waals surface area contributed by atoms with Crippen LogP contribution >= 0.6 is 11.8 Å². The molecule has 13 heavy (non-hydrogen) atoms. The zero-order valence-electron chi connectivity index (χ0n) is 7.26. The molecule has 1 rings (SSSR count). The van der Waals surface area contributed by atoms with Crippen LogP contribution in [0.15, 0.2) is 0 Å². The molecule has 1 aliphatic rings.